The Balaban J connectivity index is 1.89. The van der Waals surface area contributed by atoms with Gasteiger partial charge in [-0.25, -0.2) is 0 Å². The molecule has 1 atom stereocenters. The van der Waals surface area contributed by atoms with Crippen LogP contribution in [-0.4, -0.2) is 32.0 Å². The minimum Gasteiger partial charge on any atom is -0.355 e. The van der Waals surface area contributed by atoms with E-state index in [9.17, 15) is 9.59 Å². The van der Waals surface area contributed by atoms with Gasteiger partial charge in [-0.3, -0.25) is 9.59 Å². The molecule has 0 aromatic heterocycles. The van der Waals surface area contributed by atoms with E-state index < -0.39 is 0 Å². The fraction of sp³-hybridized carbons (Fsp3) is 0.500. The highest BCUT2D eigenvalue weighted by atomic mass is 16.2. The number of amides is 2. The topological polar surface area (TPSA) is 70.2 Å². The van der Waals surface area contributed by atoms with E-state index in [0.717, 1.165) is 37.2 Å². The Morgan fingerprint density at radius 1 is 1.38 bits per heavy atom. The lowest BCUT2D eigenvalue weighted by atomic mass is 10.0. The van der Waals surface area contributed by atoms with Crippen molar-refractivity contribution in [3.05, 3.63) is 29.3 Å². The zero-order valence-electron chi connectivity index (χ0n) is 12.7. The zero-order chi connectivity index (χ0) is 15.2. The van der Waals surface area contributed by atoms with E-state index in [4.69, 9.17) is 0 Å². The van der Waals surface area contributed by atoms with Crippen molar-refractivity contribution >= 4 is 17.5 Å². The molecule has 1 saturated heterocycles. The SMILES string of the molecule is CNC(=O)c1ccc(NC(=O)CCC2CCNC2)c(C)c1. The van der Waals surface area contributed by atoms with Crippen LogP contribution in [0.15, 0.2) is 18.2 Å². The lowest BCUT2D eigenvalue weighted by Crippen LogP contribution is -2.18. The molecule has 1 aromatic carbocycles. The predicted molar refractivity (Wildman–Crippen MR) is 83.4 cm³/mol. The third-order valence-electron chi connectivity index (χ3n) is 3.93. The largest absolute Gasteiger partial charge is 0.355 e. The van der Waals surface area contributed by atoms with Gasteiger partial charge in [0.15, 0.2) is 0 Å². The Morgan fingerprint density at radius 2 is 2.19 bits per heavy atom. The van der Waals surface area contributed by atoms with Crippen LogP contribution in [0, 0.1) is 12.8 Å². The Labute approximate surface area is 125 Å². The first-order valence-electron chi connectivity index (χ1n) is 7.43. The summed E-state index contributed by atoms with van der Waals surface area (Å²) >= 11 is 0. The summed E-state index contributed by atoms with van der Waals surface area (Å²) < 4.78 is 0. The quantitative estimate of drug-likeness (QED) is 0.772. The van der Waals surface area contributed by atoms with Crippen LogP contribution in [-0.2, 0) is 4.79 Å². The van der Waals surface area contributed by atoms with Crippen LogP contribution >= 0.6 is 0 Å². The van der Waals surface area contributed by atoms with Crippen LogP contribution in [0.25, 0.3) is 0 Å². The van der Waals surface area contributed by atoms with Crippen molar-refractivity contribution in [1.29, 1.82) is 0 Å². The molecule has 0 radical (unpaired) electrons. The summed E-state index contributed by atoms with van der Waals surface area (Å²) in [7, 11) is 1.60. The molecule has 0 spiro atoms. The number of carbonyl (C=O) groups excluding carboxylic acids is 2. The lowest BCUT2D eigenvalue weighted by molar-refractivity contribution is -0.116. The highest BCUT2D eigenvalue weighted by Gasteiger charge is 2.16. The maximum atomic E-state index is 12.0. The van der Waals surface area contributed by atoms with Gasteiger partial charge in [0.2, 0.25) is 5.91 Å². The molecule has 0 bridgehead atoms. The molecule has 2 rings (SSSR count). The molecule has 2 amide bonds. The van der Waals surface area contributed by atoms with Crippen LogP contribution in [0.5, 0.6) is 0 Å². The number of nitrogens with one attached hydrogen (secondary N) is 3. The first kappa shape index (κ1) is 15.5. The van der Waals surface area contributed by atoms with Gasteiger partial charge in [-0.1, -0.05) is 0 Å². The molecule has 5 nitrogen and oxygen atoms in total. The minimum atomic E-state index is -0.121. The van der Waals surface area contributed by atoms with Crippen molar-refractivity contribution in [1.82, 2.24) is 10.6 Å². The van der Waals surface area contributed by atoms with Crippen molar-refractivity contribution in [2.45, 2.75) is 26.2 Å². The molecule has 1 aliphatic rings. The summed E-state index contributed by atoms with van der Waals surface area (Å²) in [5.74, 6) is 0.537. The van der Waals surface area contributed by atoms with Gasteiger partial charge < -0.3 is 16.0 Å². The smallest absolute Gasteiger partial charge is 0.251 e. The Bertz CT molecular complexity index is 522. The fourth-order valence-corrected chi connectivity index (χ4v) is 2.60. The molecule has 1 aliphatic heterocycles. The van der Waals surface area contributed by atoms with E-state index in [-0.39, 0.29) is 11.8 Å². The first-order valence-corrected chi connectivity index (χ1v) is 7.43. The third kappa shape index (κ3) is 4.29. The molecule has 5 heteroatoms. The highest BCUT2D eigenvalue weighted by Crippen LogP contribution is 2.19. The van der Waals surface area contributed by atoms with Gasteiger partial charge in [-0.2, -0.15) is 0 Å². The summed E-state index contributed by atoms with van der Waals surface area (Å²) in [5, 5.41) is 8.82. The second-order valence-electron chi connectivity index (χ2n) is 5.55. The van der Waals surface area contributed by atoms with Gasteiger partial charge >= 0.3 is 0 Å². The van der Waals surface area contributed by atoms with Crippen LogP contribution < -0.4 is 16.0 Å². The van der Waals surface area contributed by atoms with E-state index in [1.165, 1.54) is 0 Å². The van der Waals surface area contributed by atoms with Gasteiger partial charge in [0.25, 0.3) is 5.91 Å². The van der Waals surface area contributed by atoms with E-state index in [1.54, 1.807) is 25.2 Å². The summed E-state index contributed by atoms with van der Waals surface area (Å²) in [6.45, 7) is 3.97. The summed E-state index contributed by atoms with van der Waals surface area (Å²) in [6.07, 6.45) is 2.63. The molecule has 114 valence electrons. The predicted octanol–water partition coefficient (Wildman–Crippen LogP) is 1.68. The normalized spacial score (nSPS) is 17.5. The van der Waals surface area contributed by atoms with Gasteiger partial charge in [0.05, 0.1) is 0 Å². The molecule has 1 aromatic rings. The summed E-state index contributed by atoms with van der Waals surface area (Å²) in [4.78, 5) is 23.5. The standard InChI is InChI=1S/C16H23N3O2/c1-11-9-13(16(21)17-2)4-5-14(11)19-15(20)6-3-12-7-8-18-10-12/h4-5,9,12,18H,3,6-8,10H2,1-2H3,(H,17,21)(H,19,20). The van der Waals surface area contributed by atoms with Crippen LogP contribution in [0.1, 0.15) is 35.2 Å². The molecule has 0 saturated carbocycles. The molecular weight excluding hydrogens is 266 g/mol. The van der Waals surface area contributed by atoms with Crippen molar-refractivity contribution in [2.24, 2.45) is 5.92 Å². The highest BCUT2D eigenvalue weighted by molar-refractivity contribution is 5.96. The number of hydrogen-bond donors (Lipinski definition) is 3. The molecule has 1 fully saturated rings. The van der Waals surface area contributed by atoms with E-state index in [0.29, 0.717) is 17.9 Å². The number of aryl methyl sites for hydroxylation is 1. The molecule has 0 aliphatic carbocycles. The zero-order valence-corrected chi connectivity index (χ0v) is 12.7. The van der Waals surface area contributed by atoms with Crippen LogP contribution in [0.4, 0.5) is 5.69 Å². The fourth-order valence-electron chi connectivity index (χ4n) is 2.60. The van der Waals surface area contributed by atoms with Gasteiger partial charge in [-0.15, -0.1) is 0 Å². The summed E-state index contributed by atoms with van der Waals surface area (Å²) in [6, 6.07) is 5.30. The summed E-state index contributed by atoms with van der Waals surface area (Å²) in [5.41, 5.74) is 2.27. The number of hydrogen-bond acceptors (Lipinski definition) is 3. The average Bonchev–Trinajstić information content (AvgIpc) is 2.99. The van der Waals surface area contributed by atoms with Gasteiger partial charge in [-0.05, 0) is 62.5 Å². The number of carbonyl (C=O) groups is 2. The Hall–Kier alpha value is -1.88. The van der Waals surface area contributed by atoms with Crippen molar-refractivity contribution in [2.75, 3.05) is 25.5 Å². The van der Waals surface area contributed by atoms with Crippen LogP contribution in [0.2, 0.25) is 0 Å². The number of rotatable bonds is 5. The molecule has 1 unspecified atom stereocenters. The Kier molecular flexibility index (Phi) is 5.33. The van der Waals surface area contributed by atoms with E-state index in [1.807, 2.05) is 6.92 Å². The number of benzene rings is 1. The van der Waals surface area contributed by atoms with E-state index >= 15 is 0 Å². The number of anilines is 1. The van der Waals surface area contributed by atoms with Gasteiger partial charge in [0.1, 0.15) is 0 Å². The molecule has 21 heavy (non-hydrogen) atoms. The third-order valence-corrected chi connectivity index (χ3v) is 3.93. The monoisotopic (exact) mass is 289 g/mol. The van der Waals surface area contributed by atoms with E-state index in [2.05, 4.69) is 16.0 Å². The second-order valence-corrected chi connectivity index (χ2v) is 5.55. The van der Waals surface area contributed by atoms with Crippen molar-refractivity contribution < 1.29 is 9.59 Å². The molecular formula is C16H23N3O2. The molecule has 1 heterocycles. The maximum absolute atomic E-state index is 12.0. The lowest BCUT2D eigenvalue weighted by Gasteiger charge is -2.11. The van der Waals surface area contributed by atoms with Crippen LogP contribution in [0.3, 0.4) is 0 Å². The second kappa shape index (κ2) is 7.22. The van der Waals surface area contributed by atoms with Crippen molar-refractivity contribution in [3.8, 4) is 0 Å². The minimum absolute atomic E-state index is 0.0395. The van der Waals surface area contributed by atoms with Crippen molar-refractivity contribution in [3.63, 3.8) is 0 Å². The first-order chi connectivity index (χ1) is 10.1. The molecule has 3 N–H and O–H groups in total. The van der Waals surface area contributed by atoms with Gasteiger partial charge in [0, 0.05) is 24.7 Å². The Morgan fingerprint density at radius 3 is 2.81 bits per heavy atom. The maximum Gasteiger partial charge on any atom is 0.251 e. The average molecular weight is 289 g/mol.